The monoisotopic (exact) mass is 199 g/mol. The van der Waals surface area contributed by atoms with Gasteiger partial charge >= 0.3 is 0 Å². The molecular formula is C9H17N3S. The molecule has 0 bridgehead atoms. The van der Waals surface area contributed by atoms with Crippen LogP contribution in [0.15, 0.2) is 0 Å². The van der Waals surface area contributed by atoms with E-state index in [4.69, 9.17) is 0 Å². The Kier molecular flexibility index (Phi) is 3.03. The topological polar surface area (TPSA) is 37.8 Å². The van der Waals surface area contributed by atoms with Crippen LogP contribution >= 0.6 is 11.5 Å². The third-order valence-electron chi connectivity index (χ3n) is 2.10. The Balaban J connectivity index is 2.98. The number of nitrogens with zero attached hydrogens (tertiary/aromatic N) is 2. The van der Waals surface area contributed by atoms with Crippen LogP contribution < -0.4 is 5.32 Å². The van der Waals surface area contributed by atoms with Crippen LogP contribution in [0.5, 0.6) is 0 Å². The van der Waals surface area contributed by atoms with Crippen LogP contribution in [-0.4, -0.2) is 16.6 Å². The molecule has 74 valence electrons. The zero-order chi connectivity index (χ0) is 10.1. The van der Waals surface area contributed by atoms with Gasteiger partial charge in [0.2, 0.25) is 0 Å². The molecule has 0 aliphatic rings. The van der Waals surface area contributed by atoms with Gasteiger partial charge in [-0.1, -0.05) is 25.3 Å². The average Bonchev–Trinajstić information content (AvgIpc) is 2.35. The normalized spacial score (nSPS) is 14.5. The van der Waals surface area contributed by atoms with Crippen molar-refractivity contribution in [2.24, 2.45) is 5.41 Å². The van der Waals surface area contributed by atoms with E-state index in [1.165, 1.54) is 16.4 Å². The van der Waals surface area contributed by atoms with Crippen molar-refractivity contribution in [2.45, 2.75) is 33.7 Å². The van der Waals surface area contributed by atoms with Crippen molar-refractivity contribution in [3.05, 3.63) is 10.6 Å². The molecule has 3 nitrogen and oxygen atoms in total. The fraction of sp³-hybridized carbons (Fsp3) is 0.778. The number of rotatable bonds is 2. The summed E-state index contributed by atoms with van der Waals surface area (Å²) < 4.78 is 3.96. The molecular weight excluding hydrogens is 182 g/mol. The lowest BCUT2D eigenvalue weighted by atomic mass is 9.85. The van der Waals surface area contributed by atoms with Gasteiger partial charge < -0.3 is 5.32 Å². The third-order valence-corrected chi connectivity index (χ3v) is 2.99. The van der Waals surface area contributed by atoms with Gasteiger partial charge in [-0.3, -0.25) is 0 Å². The molecule has 0 aliphatic carbocycles. The first-order valence-electron chi connectivity index (χ1n) is 4.43. The zero-order valence-electron chi connectivity index (χ0n) is 8.88. The molecule has 4 heteroatoms. The van der Waals surface area contributed by atoms with E-state index in [-0.39, 0.29) is 5.41 Å². The summed E-state index contributed by atoms with van der Waals surface area (Å²) in [5, 5.41) is 7.34. The maximum atomic E-state index is 4.03. The van der Waals surface area contributed by atoms with Crippen molar-refractivity contribution in [3.8, 4) is 0 Å². The molecule has 1 atom stereocenters. The quantitative estimate of drug-likeness (QED) is 0.793. The minimum atomic E-state index is 0.202. The second kappa shape index (κ2) is 3.72. The Morgan fingerprint density at radius 1 is 1.38 bits per heavy atom. The summed E-state index contributed by atoms with van der Waals surface area (Å²) in [6.07, 6.45) is 0. The van der Waals surface area contributed by atoms with E-state index in [1.54, 1.807) is 0 Å². The van der Waals surface area contributed by atoms with Crippen LogP contribution in [0.4, 0.5) is 0 Å². The maximum absolute atomic E-state index is 4.03. The van der Waals surface area contributed by atoms with Gasteiger partial charge in [0, 0.05) is 6.04 Å². The van der Waals surface area contributed by atoms with E-state index < -0.39 is 0 Å². The van der Waals surface area contributed by atoms with Gasteiger partial charge in [0.05, 0.1) is 10.6 Å². The number of hydrogen-bond donors (Lipinski definition) is 1. The van der Waals surface area contributed by atoms with Crippen molar-refractivity contribution in [1.29, 1.82) is 0 Å². The second-order valence-corrected chi connectivity index (χ2v) is 5.10. The van der Waals surface area contributed by atoms with E-state index in [0.717, 1.165) is 5.69 Å². The summed E-state index contributed by atoms with van der Waals surface area (Å²) in [5.41, 5.74) is 1.24. The predicted molar refractivity (Wildman–Crippen MR) is 55.9 cm³/mol. The van der Waals surface area contributed by atoms with E-state index in [9.17, 15) is 0 Å². The highest BCUT2D eigenvalue weighted by Crippen LogP contribution is 2.34. The fourth-order valence-corrected chi connectivity index (χ4v) is 2.46. The summed E-state index contributed by atoms with van der Waals surface area (Å²) in [4.78, 5) is 1.25. The highest BCUT2D eigenvalue weighted by atomic mass is 32.1. The molecule has 1 unspecified atom stereocenters. The summed E-state index contributed by atoms with van der Waals surface area (Å²) in [6.45, 7) is 8.66. The summed E-state index contributed by atoms with van der Waals surface area (Å²) in [6, 6.07) is 0.340. The SMILES string of the molecule is CNC(c1snnc1C)C(C)(C)C. The smallest absolute Gasteiger partial charge is 0.0773 e. The average molecular weight is 199 g/mol. The molecule has 0 radical (unpaired) electrons. The van der Waals surface area contributed by atoms with Crippen molar-refractivity contribution in [3.63, 3.8) is 0 Å². The van der Waals surface area contributed by atoms with Crippen LogP contribution in [0.1, 0.15) is 37.4 Å². The first-order chi connectivity index (χ1) is 5.96. The molecule has 1 heterocycles. The van der Waals surface area contributed by atoms with Crippen molar-refractivity contribution < 1.29 is 0 Å². The van der Waals surface area contributed by atoms with Gasteiger partial charge in [0.15, 0.2) is 0 Å². The molecule has 1 aromatic rings. The van der Waals surface area contributed by atoms with Crippen LogP contribution in [0.2, 0.25) is 0 Å². The Bertz CT molecular complexity index is 275. The highest BCUT2D eigenvalue weighted by Gasteiger charge is 2.27. The first kappa shape index (κ1) is 10.6. The van der Waals surface area contributed by atoms with Crippen molar-refractivity contribution in [1.82, 2.24) is 14.9 Å². The lowest BCUT2D eigenvalue weighted by Crippen LogP contribution is -2.29. The largest absolute Gasteiger partial charge is 0.312 e. The summed E-state index contributed by atoms with van der Waals surface area (Å²) >= 11 is 1.49. The van der Waals surface area contributed by atoms with Crippen molar-refractivity contribution >= 4 is 11.5 Å². The predicted octanol–water partition coefficient (Wildman–Crippen LogP) is 2.15. The molecule has 0 amide bonds. The Morgan fingerprint density at radius 3 is 2.31 bits per heavy atom. The van der Waals surface area contributed by atoms with Gasteiger partial charge in [0.1, 0.15) is 0 Å². The fourth-order valence-electron chi connectivity index (χ4n) is 1.46. The number of hydrogen-bond acceptors (Lipinski definition) is 4. The first-order valence-corrected chi connectivity index (χ1v) is 5.20. The second-order valence-electron chi connectivity index (χ2n) is 4.31. The van der Waals surface area contributed by atoms with E-state index >= 15 is 0 Å². The summed E-state index contributed by atoms with van der Waals surface area (Å²) in [7, 11) is 1.98. The lowest BCUT2D eigenvalue weighted by Gasteiger charge is -2.29. The molecule has 0 saturated carbocycles. The van der Waals surface area contributed by atoms with Crippen LogP contribution in [0, 0.1) is 12.3 Å². The van der Waals surface area contributed by atoms with Gasteiger partial charge in [-0.15, -0.1) is 5.10 Å². The maximum Gasteiger partial charge on any atom is 0.0773 e. The van der Waals surface area contributed by atoms with Crippen molar-refractivity contribution in [2.75, 3.05) is 7.05 Å². The van der Waals surface area contributed by atoms with Crippen LogP contribution in [0.25, 0.3) is 0 Å². The van der Waals surface area contributed by atoms with E-state index in [1.807, 2.05) is 14.0 Å². The third kappa shape index (κ3) is 2.25. The Morgan fingerprint density at radius 2 is 2.00 bits per heavy atom. The molecule has 0 aliphatic heterocycles. The molecule has 0 spiro atoms. The molecule has 1 N–H and O–H groups in total. The Hall–Kier alpha value is -0.480. The standard InChI is InChI=1S/C9H17N3S/c1-6-7(13-12-11-6)8(10-5)9(2,3)4/h8,10H,1-5H3. The minimum absolute atomic E-state index is 0.202. The van der Waals surface area contributed by atoms with E-state index in [0.29, 0.717) is 6.04 Å². The van der Waals surface area contributed by atoms with Gasteiger partial charge in [-0.25, -0.2) is 0 Å². The van der Waals surface area contributed by atoms with Gasteiger partial charge in [0.25, 0.3) is 0 Å². The number of nitrogens with one attached hydrogen (secondary N) is 1. The Labute approximate surface area is 83.7 Å². The van der Waals surface area contributed by atoms with Gasteiger partial charge in [-0.2, -0.15) is 0 Å². The zero-order valence-corrected chi connectivity index (χ0v) is 9.70. The van der Waals surface area contributed by atoms with E-state index in [2.05, 4.69) is 35.7 Å². The highest BCUT2D eigenvalue weighted by molar-refractivity contribution is 7.05. The lowest BCUT2D eigenvalue weighted by molar-refractivity contribution is 0.290. The molecule has 1 aromatic heterocycles. The molecule has 13 heavy (non-hydrogen) atoms. The molecule has 0 aromatic carbocycles. The molecule has 0 saturated heterocycles. The number of aryl methyl sites for hydroxylation is 1. The minimum Gasteiger partial charge on any atom is -0.312 e. The van der Waals surface area contributed by atoms with Crippen LogP contribution in [0.3, 0.4) is 0 Å². The van der Waals surface area contributed by atoms with Gasteiger partial charge in [-0.05, 0) is 30.9 Å². The number of aromatic nitrogens is 2. The molecule has 1 rings (SSSR count). The molecule has 0 fully saturated rings. The van der Waals surface area contributed by atoms with Crippen LogP contribution in [-0.2, 0) is 0 Å². The summed E-state index contributed by atoms with van der Waals surface area (Å²) in [5.74, 6) is 0.